The molecule has 1 amide bonds. The van der Waals surface area contributed by atoms with Crippen LogP contribution in [-0.2, 0) is 14.8 Å². The highest BCUT2D eigenvalue weighted by molar-refractivity contribution is 9.10. The molecule has 2 aromatic heterocycles. The van der Waals surface area contributed by atoms with Gasteiger partial charge < -0.3 is 4.74 Å². The fourth-order valence-electron chi connectivity index (χ4n) is 2.51. The molecule has 0 aliphatic carbocycles. The molecule has 0 saturated heterocycles. The van der Waals surface area contributed by atoms with Crippen LogP contribution in [0.1, 0.15) is 26.3 Å². The number of hydrogen-bond acceptors (Lipinski definition) is 6. The zero-order valence-corrected chi connectivity index (χ0v) is 19.1. The van der Waals surface area contributed by atoms with Crippen molar-refractivity contribution in [2.75, 3.05) is 11.9 Å². The molecule has 0 saturated carbocycles. The summed E-state index contributed by atoms with van der Waals surface area (Å²) in [6.07, 6.45) is 2.14. The lowest BCUT2D eigenvalue weighted by molar-refractivity contribution is 0.0588. The van der Waals surface area contributed by atoms with Crippen molar-refractivity contribution in [3.05, 3.63) is 46.7 Å². The van der Waals surface area contributed by atoms with Crippen LogP contribution in [0.5, 0.6) is 0 Å². The number of rotatable bonds is 3. The highest BCUT2D eigenvalue weighted by Gasteiger charge is 2.25. The van der Waals surface area contributed by atoms with Crippen LogP contribution in [0.25, 0.3) is 11.2 Å². The molecule has 0 atom stereocenters. The molecule has 0 aliphatic heterocycles. The Hall–Kier alpha value is -2.46. The Kier molecular flexibility index (Phi) is 5.44. The number of carbonyl (C=O) groups is 1. The molecule has 3 rings (SSSR count). The standard InChI is InChI=1S/C19H21BrN4O4S/c1-12-6-8-13(9-7-12)29(26,27)24-11-14(20)16-17(24)21-10-15(22-16)23(5)18(25)28-19(2,3)4/h6-11H,1-5H3. The maximum Gasteiger partial charge on any atom is 0.415 e. The van der Waals surface area contributed by atoms with Gasteiger partial charge in [0.2, 0.25) is 0 Å². The average molecular weight is 481 g/mol. The van der Waals surface area contributed by atoms with E-state index in [0.717, 1.165) is 9.54 Å². The van der Waals surface area contributed by atoms with Crippen molar-refractivity contribution < 1.29 is 17.9 Å². The molecule has 10 heteroatoms. The van der Waals surface area contributed by atoms with Gasteiger partial charge in [0, 0.05) is 13.2 Å². The van der Waals surface area contributed by atoms with E-state index in [0.29, 0.717) is 9.99 Å². The summed E-state index contributed by atoms with van der Waals surface area (Å²) in [5.41, 5.74) is 0.763. The average Bonchev–Trinajstić information content (AvgIpc) is 2.97. The van der Waals surface area contributed by atoms with Gasteiger partial charge >= 0.3 is 6.09 Å². The lowest BCUT2D eigenvalue weighted by Crippen LogP contribution is -2.34. The molecule has 0 aliphatic rings. The molecular weight excluding hydrogens is 460 g/mol. The van der Waals surface area contributed by atoms with Crippen molar-refractivity contribution in [1.29, 1.82) is 0 Å². The largest absolute Gasteiger partial charge is 0.443 e. The summed E-state index contributed by atoms with van der Waals surface area (Å²) in [5, 5.41) is 0. The van der Waals surface area contributed by atoms with Crippen molar-refractivity contribution in [2.24, 2.45) is 0 Å². The maximum atomic E-state index is 13.0. The summed E-state index contributed by atoms with van der Waals surface area (Å²) in [6.45, 7) is 7.17. The SMILES string of the molecule is Cc1ccc(S(=O)(=O)n2cc(Br)c3nc(N(C)C(=O)OC(C)(C)C)cnc32)cc1. The third kappa shape index (κ3) is 4.27. The molecule has 154 valence electrons. The van der Waals surface area contributed by atoms with Gasteiger partial charge in [0.25, 0.3) is 10.0 Å². The van der Waals surface area contributed by atoms with E-state index in [2.05, 4.69) is 25.9 Å². The van der Waals surface area contributed by atoms with E-state index in [1.165, 1.54) is 24.3 Å². The molecule has 0 radical (unpaired) electrons. The number of benzene rings is 1. The number of nitrogens with zero attached hydrogens (tertiary/aromatic N) is 4. The number of carbonyl (C=O) groups excluding carboxylic acids is 1. The minimum atomic E-state index is -3.86. The summed E-state index contributed by atoms with van der Waals surface area (Å²) < 4.78 is 32.9. The number of hydrogen-bond donors (Lipinski definition) is 0. The molecular formula is C19H21BrN4O4S. The minimum Gasteiger partial charge on any atom is -0.443 e. The zero-order valence-electron chi connectivity index (χ0n) is 16.7. The maximum absolute atomic E-state index is 13.0. The molecule has 29 heavy (non-hydrogen) atoms. The number of aryl methyl sites for hydroxylation is 1. The van der Waals surface area contributed by atoms with E-state index in [4.69, 9.17) is 4.74 Å². The second-order valence-corrected chi connectivity index (χ2v) is 10.2. The smallest absolute Gasteiger partial charge is 0.415 e. The van der Waals surface area contributed by atoms with E-state index in [-0.39, 0.29) is 16.4 Å². The molecule has 1 aromatic carbocycles. The van der Waals surface area contributed by atoms with Gasteiger partial charge in [0.15, 0.2) is 11.5 Å². The van der Waals surface area contributed by atoms with Crippen LogP contribution in [0.2, 0.25) is 0 Å². The number of aromatic nitrogens is 3. The van der Waals surface area contributed by atoms with Crippen molar-refractivity contribution in [1.82, 2.24) is 13.9 Å². The fraction of sp³-hybridized carbons (Fsp3) is 0.316. The summed E-state index contributed by atoms with van der Waals surface area (Å²) >= 11 is 3.34. The first kappa shape index (κ1) is 21.3. The van der Waals surface area contributed by atoms with E-state index in [9.17, 15) is 13.2 Å². The number of fused-ring (bicyclic) bond motifs is 1. The van der Waals surface area contributed by atoms with E-state index < -0.39 is 21.7 Å². The number of amides is 1. The van der Waals surface area contributed by atoms with E-state index >= 15 is 0 Å². The second-order valence-electron chi connectivity index (χ2n) is 7.53. The molecule has 0 bridgehead atoms. The van der Waals surface area contributed by atoms with Gasteiger partial charge in [-0.1, -0.05) is 17.7 Å². The highest BCUT2D eigenvalue weighted by atomic mass is 79.9. The van der Waals surface area contributed by atoms with Crippen molar-refractivity contribution in [3.63, 3.8) is 0 Å². The highest BCUT2D eigenvalue weighted by Crippen LogP contribution is 2.29. The van der Waals surface area contributed by atoms with Crippen LogP contribution in [0, 0.1) is 6.92 Å². The lowest BCUT2D eigenvalue weighted by atomic mass is 10.2. The van der Waals surface area contributed by atoms with Crippen molar-refractivity contribution in [3.8, 4) is 0 Å². The predicted octanol–water partition coefficient (Wildman–Crippen LogP) is 4.11. The topological polar surface area (TPSA) is 94.4 Å². The molecule has 0 spiro atoms. The summed E-state index contributed by atoms with van der Waals surface area (Å²) in [5.74, 6) is 0.234. The van der Waals surface area contributed by atoms with Crippen LogP contribution < -0.4 is 4.90 Å². The quantitative estimate of drug-likeness (QED) is 0.559. The Labute approximate surface area is 177 Å². The number of ether oxygens (including phenoxy) is 1. The van der Waals surface area contributed by atoms with Gasteiger partial charge in [-0.2, -0.15) is 0 Å². The van der Waals surface area contributed by atoms with Gasteiger partial charge in [-0.05, 0) is 55.8 Å². The Morgan fingerprint density at radius 1 is 1.21 bits per heavy atom. The number of anilines is 1. The molecule has 0 fully saturated rings. The number of halogens is 1. The Bertz CT molecular complexity index is 1180. The van der Waals surface area contributed by atoms with Crippen molar-refractivity contribution >= 4 is 49.0 Å². The van der Waals surface area contributed by atoms with Gasteiger partial charge in [-0.25, -0.2) is 27.2 Å². The molecule has 8 nitrogen and oxygen atoms in total. The van der Waals surface area contributed by atoms with Gasteiger partial charge in [0.1, 0.15) is 11.1 Å². The van der Waals surface area contributed by atoms with Crippen molar-refractivity contribution in [2.45, 2.75) is 38.2 Å². The van der Waals surface area contributed by atoms with Crippen LogP contribution in [0.4, 0.5) is 10.6 Å². The van der Waals surface area contributed by atoms with Gasteiger partial charge in [-0.15, -0.1) is 0 Å². The molecule has 3 aromatic rings. The fourth-order valence-corrected chi connectivity index (χ4v) is 4.43. The van der Waals surface area contributed by atoms with E-state index in [1.807, 2.05) is 6.92 Å². The third-order valence-corrected chi connectivity index (χ3v) is 6.24. The third-order valence-electron chi connectivity index (χ3n) is 3.99. The summed E-state index contributed by atoms with van der Waals surface area (Å²) in [4.78, 5) is 22.3. The molecule has 0 N–H and O–H groups in total. The Morgan fingerprint density at radius 3 is 2.41 bits per heavy atom. The van der Waals surface area contributed by atoms with Crippen LogP contribution in [0.3, 0.4) is 0 Å². The first-order valence-corrected chi connectivity index (χ1v) is 11.0. The van der Waals surface area contributed by atoms with E-state index in [1.54, 1.807) is 45.0 Å². The zero-order chi connectivity index (χ0) is 21.6. The molecule has 0 unspecified atom stereocenters. The normalized spacial score (nSPS) is 12.2. The lowest BCUT2D eigenvalue weighted by Gasteiger charge is -2.23. The minimum absolute atomic E-state index is 0.143. The molecule has 2 heterocycles. The first-order chi connectivity index (χ1) is 13.4. The van der Waals surface area contributed by atoms with Crippen LogP contribution >= 0.6 is 15.9 Å². The first-order valence-electron chi connectivity index (χ1n) is 8.73. The Morgan fingerprint density at radius 2 is 1.83 bits per heavy atom. The summed E-state index contributed by atoms with van der Waals surface area (Å²) in [6, 6.07) is 6.55. The summed E-state index contributed by atoms with van der Waals surface area (Å²) in [7, 11) is -2.34. The monoisotopic (exact) mass is 480 g/mol. The van der Waals surface area contributed by atoms with Crippen LogP contribution in [-0.4, -0.2) is 41.1 Å². The van der Waals surface area contributed by atoms with Gasteiger partial charge in [-0.3, -0.25) is 4.90 Å². The predicted molar refractivity (Wildman–Crippen MR) is 114 cm³/mol. The second kappa shape index (κ2) is 7.42. The Balaban J connectivity index is 2.04. The van der Waals surface area contributed by atoms with Crippen LogP contribution in [0.15, 0.2) is 46.0 Å². The van der Waals surface area contributed by atoms with Gasteiger partial charge in [0.05, 0.1) is 15.6 Å².